The highest BCUT2D eigenvalue weighted by Crippen LogP contribution is 2.04. The summed E-state index contributed by atoms with van der Waals surface area (Å²) in [5.41, 5.74) is 12.3. The third-order valence-corrected chi connectivity index (χ3v) is 2.55. The SMILES string of the molecule is Cc1c(CNC(=O)C(N)CC(N)=O)cnn1C. The fourth-order valence-electron chi connectivity index (χ4n) is 1.34. The summed E-state index contributed by atoms with van der Waals surface area (Å²) in [6.07, 6.45) is 1.52. The number of amides is 2. The number of primary amides is 1. The van der Waals surface area contributed by atoms with Crippen LogP contribution < -0.4 is 16.8 Å². The first-order valence-corrected chi connectivity index (χ1v) is 5.21. The molecule has 0 fully saturated rings. The number of aryl methyl sites for hydroxylation is 1. The van der Waals surface area contributed by atoms with Gasteiger partial charge in [0.2, 0.25) is 11.8 Å². The topological polar surface area (TPSA) is 116 Å². The number of hydrogen-bond donors (Lipinski definition) is 3. The molecule has 5 N–H and O–H groups in total. The van der Waals surface area contributed by atoms with Gasteiger partial charge in [0.1, 0.15) is 0 Å². The van der Waals surface area contributed by atoms with Crippen LogP contribution in [0.4, 0.5) is 0 Å². The van der Waals surface area contributed by atoms with E-state index in [0.29, 0.717) is 6.54 Å². The average Bonchev–Trinajstić information content (AvgIpc) is 2.55. The number of aromatic nitrogens is 2. The Kier molecular flexibility index (Phi) is 4.22. The van der Waals surface area contributed by atoms with E-state index in [4.69, 9.17) is 11.5 Å². The molecule has 17 heavy (non-hydrogen) atoms. The van der Waals surface area contributed by atoms with Crippen molar-refractivity contribution in [2.24, 2.45) is 18.5 Å². The maximum atomic E-state index is 11.5. The van der Waals surface area contributed by atoms with Gasteiger partial charge in [0, 0.05) is 24.8 Å². The Morgan fingerprint density at radius 2 is 2.24 bits per heavy atom. The second-order valence-electron chi connectivity index (χ2n) is 3.87. The highest BCUT2D eigenvalue weighted by atomic mass is 16.2. The third kappa shape index (κ3) is 3.56. The zero-order valence-electron chi connectivity index (χ0n) is 9.93. The zero-order chi connectivity index (χ0) is 13.0. The van der Waals surface area contributed by atoms with Gasteiger partial charge in [-0.05, 0) is 6.92 Å². The van der Waals surface area contributed by atoms with Crippen LogP contribution in [-0.2, 0) is 23.2 Å². The summed E-state index contributed by atoms with van der Waals surface area (Å²) in [5, 5.41) is 6.68. The number of nitrogens with one attached hydrogen (secondary N) is 1. The molecule has 0 bridgehead atoms. The van der Waals surface area contributed by atoms with Crippen LogP contribution in [0.3, 0.4) is 0 Å². The van der Waals surface area contributed by atoms with Gasteiger partial charge in [0.05, 0.1) is 18.7 Å². The molecule has 0 spiro atoms. The monoisotopic (exact) mass is 239 g/mol. The molecule has 0 aliphatic rings. The van der Waals surface area contributed by atoms with Crippen LogP contribution >= 0.6 is 0 Å². The standard InChI is InChI=1S/C10H17N5O2/c1-6-7(5-14-15(6)2)4-13-10(17)8(11)3-9(12)16/h5,8H,3-4,11H2,1-2H3,(H2,12,16)(H,13,17). The van der Waals surface area contributed by atoms with E-state index in [9.17, 15) is 9.59 Å². The molecule has 0 radical (unpaired) electrons. The van der Waals surface area contributed by atoms with Crippen molar-refractivity contribution in [3.05, 3.63) is 17.5 Å². The lowest BCUT2D eigenvalue weighted by Gasteiger charge is -2.10. The van der Waals surface area contributed by atoms with Gasteiger partial charge in [-0.15, -0.1) is 0 Å². The molecule has 7 heteroatoms. The van der Waals surface area contributed by atoms with Crippen molar-refractivity contribution in [1.82, 2.24) is 15.1 Å². The molecule has 1 aromatic heterocycles. The molecular weight excluding hydrogens is 222 g/mol. The molecule has 2 amide bonds. The minimum Gasteiger partial charge on any atom is -0.370 e. The second-order valence-corrected chi connectivity index (χ2v) is 3.87. The summed E-state index contributed by atoms with van der Waals surface area (Å²) >= 11 is 0. The van der Waals surface area contributed by atoms with Crippen LogP contribution in [0.2, 0.25) is 0 Å². The summed E-state index contributed by atoms with van der Waals surface area (Å²) in [4.78, 5) is 22.1. The molecule has 1 aromatic rings. The van der Waals surface area contributed by atoms with E-state index in [1.807, 2.05) is 14.0 Å². The molecule has 0 aliphatic heterocycles. The van der Waals surface area contributed by atoms with Crippen molar-refractivity contribution >= 4 is 11.8 Å². The second kappa shape index (κ2) is 5.44. The lowest BCUT2D eigenvalue weighted by atomic mass is 10.2. The zero-order valence-corrected chi connectivity index (χ0v) is 9.93. The Hall–Kier alpha value is -1.89. The Morgan fingerprint density at radius 1 is 1.59 bits per heavy atom. The van der Waals surface area contributed by atoms with Gasteiger partial charge in [0.25, 0.3) is 0 Å². The summed E-state index contributed by atoms with van der Waals surface area (Å²) in [5.74, 6) is -0.989. The first-order valence-electron chi connectivity index (χ1n) is 5.21. The molecule has 7 nitrogen and oxygen atoms in total. The average molecular weight is 239 g/mol. The lowest BCUT2D eigenvalue weighted by molar-refractivity contribution is -0.126. The molecule has 0 aromatic carbocycles. The van der Waals surface area contributed by atoms with Crippen molar-refractivity contribution in [1.29, 1.82) is 0 Å². The van der Waals surface area contributed by atoms with Crippen LogP contribution in [0.1, 0.15) is 17.7 Å². The van der Waals surface area contributed by atoms with E-state index in [1.54, 1.807) is 10.9 Å². The summed E-state index contributed by atoms with van der Waals surface area (Å²) in [6, 6.07) is -0.899. The van der Waals surface area contributed by atoms with Crippen molar-refractivity contribution in [3.8, 4) is 0 Å². The predicted octanol–water partition coefficient (Wildman–Crippen LogP) is -1.45. The molecule has 0 saturated heterocycles. The fourth-order valence-corrected chi connectivity index (χ4v) is 1.34. The first kappa shape index (κ1) is 13.2. The van der Waals surface area contributed by atoms with E-state index in [1.165, 1.54) is 0 Å². The number of nitrogens with two attached hydrogens (primary N) is 2. The largest absolute Gasteiger partial charge is 0.370 e. The van der Waals surface area contributed by atoms with E-state index in [-0.39, 0.29) is 6.42 Å². The van der Waals surface area contributed by atoms with E-state index in [0.717, 1.165) is 11.3 Å². The number of hydrogen-bond acceptors (Lipinski definition) is 4. The molecule has 1 atom stereocenters. The summed E-state index contributed by atoms with van der Waals surface area (Å²) in [6.45, 7) is 2.24. The normalized spacial score (nSPS) is 12.2. The maximum Gasteiger partial charge on any atom is 0.237 e. The Balaban J connectivity index is 2.48. The van der Waals surface area contributed by atoms with E-state index >= 15 is 0 Å². The minimum absolute atomic E-state index is 0.155. The van der Waals surface area contributed by atoms with Crippen molar-refractivity contribution < 1.29 is 9.59 Å². The first-order chi connectivity index (χ1) is 7.91. The summed E-state index contributed by atoms with van der Waals surface area (Å²) in [7, 11) is 1.82. The van der Waals surface area contributed by atoms with Gasteiger partial charge >= 0.3 is 0 Å². The van der Waals surface area contributed by atoms with Crippen LogP contribution in [0.5, 0.6) is 0 Å². The maximum absolute atomic E-state index is 11.5. The van der Waals surface area contributed by atoms with Crippen LogP contribution in [0.15, 0.2) is 6.20 Å². The van der Waals surface area contributed by atoms with Crippen LogP contribution in [0.25, 0.3) is 0 Å². The number of carbonyl (C=O) groups excluding carboxylic acids is 2. The van der Waals surface area contributed by atoms with Gasteiger partial charge in [-0.2, -0.15) is 5.10 Å². The predicted molar refractivity (Wildman–Crippen MR) is 61.6 cm³/mol. The van der Waals surface area contributed by atoms with E-state index < -0.39 is 17.9 Å². The van der Waals surface area contributed by atoms with Gasteiger partial charge in [-0.1, -0.05) is 0 Å². The van der Waals surface area contributed by atoms with Crippen molar-refractivity contribution in [2.75, 3.05) is 0 Å². The molecule has 94 valence electrons. The third-order valence-electron chi connectivity index (χ3n) is 2.55. The van der Waals surface area contributed by atoms with Gasteiger partial charge in [0.15, 0.2) is 0 Å². The molecule has 1 unspecified atom stereocenters. The van der Waals surface area contributed by atoms with Crippen LogP contribution in [0, 0.1) is 6.92 Å². The Bertz CT molecular complexity index is 426. The molecule has 0 aliphatic carbocycles. The minimum atomic E-state index is -0.899. The number of carbonyl (C=O) groups is 2. The van der Waals surface area contributed by atoms with Gasteiger partial charge in [-0.25, -0.2) is 0 Å². The highest BCUT2D eigenvalue weighted by molar-refractivity contribution is 5.87. The van der Waals surface area contributed by atoms with Crippen molar-refractivity contribution in [3.63, 3.8) is 0 Å². The van der Waals surface area contributed by atoms with E-state index in [2.05, 4.69) is 10.4 Å². The quantitative estimate of drug-likeness (QED) is 0.582. The molecular formula is C10H17N5O2. The molecule has 1 rings (SSSR count). The Labute approximate surface area is 99.1 Å². The smallest absolute Gasteiger partial charge is 0.237 e. The van der Waals surface area contributed by atoms with Crippen LogP contribution in [-0.4, -0.2) is 27.6 Å². The fraction of sp³-hybridized carbons (Fsp3) is 0.500. The number of nitrogens with zero attached hydrogens (tertiary/aromatic N) is 2. The van der Waals surface area contributed by atoms with Gasteiger partial charge < -0.3 is 16.8 Å². The van der Waals surface area contributed by atoms with Crippen molar-refractivity contribution in [2.45, 2.75) is 25.9 Å². The lowest BCUT2D eigenvalue weighted by Crippen LogP contribution is -2.42. The summed E-state index contributed by atoms with van der Waals surface area (Å²) < 4.78 is 1.71. The Morgan fingerprint density at radius 3 is 2.71 bits per heavy atom. The number of rotatable bonds is 5. The van der Waals surface area contributed by atoms with Gasteiger partial charge in [-0.3, -0.25) is 14.3 Å². The molecule has 0 saturated carbocycles. The molecule has 1 heterocycles. The highest BCUT2D eigenvalue weighted by Gasteiger charge is 2.16.